The normalized spacial score (nSPS) is 13.4. The van der Waals surface area contributed by atoms with Crippen LogP contribution in [0.5, 0.6) is 0 Å². The lowest BCUT2D eigenvalue weighted by atomic mass is 9.76. The number of hydrogen-bond acceptors (Lipinski definition) is 3. The second-order valence-electron chi connectivity index (χ2n) is 6.02. The highest BCUT2D eigenvalue weighted by molar-refractivity contribution is 7.11. The van der Waals surface area contributed by atoms with E-state index in [0.29, 0.717) is 0 Å². The monoisotopic (exact) mass is 306 g/mol. The van der Waals surface area contributed by atoms with Gasteiger partial charge in [0, 0.05) is 22.8 Å². The minimum absolute atomic E-state index is 0.101. The van der Waals surface area contributed by atoms with Crippen LogP contribution in [0, 0.1) is 19.7 Å². The van der Waals surface area contributed by atoms with Crippen molar-refractivity contribution < 1.29 is 4.39 Å². The fourth-order valence-electron chi connectivity index (χ4n) is 2.60. The van der Waals surface area contributed by atoms with Crippen molar-refractivity contribution in [2.45, 2.75) is 45.6 Å². The van der Waals surface area contributed by atoms with E-state index in [2.05, 4.69) is 38.0 Å². The van der Waals surface area contributed by atoms with Crippen LogP contribution in [0.1, 0.15) is 35.0 Å². The van der Waals surface area contributed by atoms with Crippen LogP contribution in [0.2, 0.25) is 0 Å². The SMILES string of the molecule is CNC(Cc1nc(C)c(C)s1)C(C)(C)c1ccc(F)cc1. The largest absolute Gasteiger partial charge is 0.316 e. The summed E-state index contributed by atoms with van der Waals surface area (Å²) in [5.74, 6) is -0.193. The van der Waals surface area contributed by atoms with Crippen LogP contribution in [0.4, 0.5) is 4.39 Å². The average Bonchev–Trinajstić information content (AvgIpc) is 2.75. The second-order valence-corrected chi connectivity index (χ2v) is 7.31. The third kappa shape index (κ3) is 3.50. The lowest BCUT2D eigenvalue weighted by Crippen LogP contribution is -2.44. The number of nitrogens with zero attached hydrogens (tertiary/aromatic N) is 1. The Kier molecular flexibility index (Phi) is 4.79. The van der Waals surface area contributed by atoms with E-state index in [-0.39, 0.29) is 17.3 Å². The minimum atomic E-state index is -0.193. The molecule has 0 spiro atoms. The molecule has 0 saturated heterocycles. The number of thiazole rings is 1. The number of likely N-dealkylation sites (N-methyl/N-ethyl adjacent to an activating group) is 1. The van der Waals surface area contributed by atoms with Crippen molar-refractivity contribution in [3.63, 3.8) is 0 Å². The van der Waals surface area contributed by atoms with Crippen molar-refractivity contribution in [3.8, 4) is 0 Å². The predicted molar refractivity (Wildman–Crippen MR) is 87.6 cm³/mol. The maximum atomic E-state index is 13.1. The summed E-state index contributed by atoms with van der Waals surface area (Å²) < 4.78 is 13.1. The molecule has 1 unspecified atom stereocenters. The molecule has 1 atom stereocenters. The molecule has 1 aromatic heterocycles. The Morgan fingerprint density at radius 3 is 2.33 bits per heavy atom. The molecule has 0 aliphatic carbocycles. The number of halogens is 1. The summed E-state index contributed by atoms with van der Waals surface area (Å²) in [7, 11) is 1.98. The Labute approximate surface area is 130 Å². The van der Waals surface area contributed by atoms with Crippen LogP contribution in [-0.2, 0) is 11.8 Å². The van der Waals surface area contributed by atoms with Gasteiger partial charge in [0.2, 0.25) is 0 Å². The summed E-state index contributed by atoms with van der Waals surface area (Å²) in [6.07, 6.45) is 0.875. The van der Waals surface area contributed by atoms with Crippen LogP contribution in [0.3, 0.4) is 0 Å². The van der Waals surface area contributed by atoms with Gasteiger partial charge >= 0.3 is 0 Å². The first-order valence-electron chi connectivity index (χ1n) is 7.20. The molecule has 114 valence electrons. The Morgan fingerprint density at radius 1 is 1.24 bits per heavy atom. The van der Waals surface area contributed by atoms with Gasteiger partial charge < -0.3 is 5.32 Å². The van der Waals surface area contributed by atoms with Crippen molar-refractivity contribution in [3.05, 3.63) is 51.2 Å². The van der Waals surface area contributed by atoms with Gasteiger partial charge in [0.15, 0.2) is 0 Å². The number of aromatic nitrogens is 1. The maximum Gasteiger partial charge on any atom is 0.123 e. The van der Waals surface area contributed by atoms with Crippen LogP contribution >= 0.6 is 11.3 Å². The van der Waals surface area contributed by atoms with E-state index < -0.39 is 0 Å². The Hall–Kier alpha value is -1.26. The fourth-order valence-corrected chi connectivity index (χ4v) is 3.58. The summed E-state index contributed by atoms with van der Waals surface area (Å²) in [5, 5.41) is 4.56. The molecule has 0 aliphatic heterocycles. The van der Waals surface area contributed by atoms with E-state index >= 15 is 0 Å². The molecule has 2 rings (SSSR count). The zero-order valence-electron chi connectivity index (χ0n) is 13.3. The van der Waals surface area contributed by atoms with Gasteiger partial charge in [-0.2, -0.15) is 0 Å². The van der Waals surface area contributed by atoms with Gasteiger partial charge in [-0.15, -0.1) is 11.3 Å². The smallest absolute Gasteiger partial charge is 0.123 e. The van der Waals surface area contributed by atoms with Crippen molar-refractivity contribution in [1.82, 2.24) is 10.3 Å². The average molecular weight is 306 g/mol. The second kappa shape index (κ2) is 6.24. The molecule has 1 N–H and O–H groups in total. The van der Waals surface area contributed by atoms with E-state index in [1.165, 1.54) is 17.0 Å². The molecule has 0 saturated carbocycles. The molecule has 1 heterocycles. The summed E-state index contributed by atoms with van der Waals surface area (Å²) in [6, 6.07) is 7.05. The summed E-state index contributed by atoms with van der Waals surface area (Å²) >= 11 is 1.76. The summed E-state index contributed by atoms with van der Waals surface area (Å²) in [6.45, 7) is 8.54. The molecule has 0 bridgehead atoms. The van der Waals surface area contributed by atoms with E-state index in [9.17, 15) is 4.39 Å². The van der Waals surface area contributed by atoms with Crippen LogP contribution in [0.15, 0.2) is 24.3 Å². The Bertz CT molecular complexity index is 582. The van der Waals surface area contributed by atoms with Gasteiger partial charge in [0.1, 0.15) is 5.82 Å². The van der Waals surface area contributed by atoms with Crippen molar-refractivity contribution >= 4 is 11.3 Å². The molecule has 2 aromatic rings. The molecular weight excluding hydrogens is 283 g/mol. The molecule has 21 heavy (non-hydrogen) atoms. The molecule has 0 amide bonds. The zero-order chi connectivity index (χ0) is 15.6. The quantitative estimate of drug-likeness (QED) is 0.903. The van der Waals surface area contributed by atoms with Crippen LogP contribution in [0.25, 0.3) is 0 Å². The fraction of sp³-hybridized carbons (Fsp3) is 0.471. The third-order valence-electron chi connectivity index (χ3n) is 4.26. The first kappa shape index (κ1) is 16.1. The third-order valence-corrected chi connectivity index (χ3v) is 5.35. The van der Waals surface area contributed by atoms with E-state index in [4.69, 9.17) is 0 Å². The van der Waals surface area contributed by atoms with Gasteiger partial charge in [-0.25, -0.2) is 9.37 Å². The molecule has 2 nitrogen and oxygen atoms in total. The van der Waals surface area contributed by atoms with Crippen molar-refractivity contribution in [2.75, 3.05) is 7.05 Å². The van der Waals surface area contributed by atoms with Crippen LogP contribution in [-0.4, -0.2) is 18.1 Å². The van der Waals surface area contributed by atoms with Crippen molar-refractivity contribution in [2.24, 2.45) is 0 Å². The van der Waals surface area contributed by atoms with Crippen molar-refractivity contribution in [1.29, 1.82) is 0 Å². The highest BCUT2D eigenvalue weighted by atomic mass is 32.1. The van der Waals surface area contributed by atoms with Gasteiger partial charge in [-0.3, -0.25) is 0 Å². The van der Waals surface area contributed by atoms with E-state index in [1.54, 1.807) is 11.3 Å². The van der Waals surface area contributed by atoms with E-state index in [1.807, 2.05) is 19.2 Å². The van der Waals surface area contributed by atoms with Gasteiger partial charge in [0.25, 0.3) is 0 Å². The molecule has 0 fully saturated rings. The standard InChI is InChI=1S/C17H23FN2S/c1-11-12(2)21-16(20-11)10-15(19-5)17(3,4)13-6-8-14(18)9-7-13/h6-9,15,19H,10H2,1-5H3. The minimum Gasteiger partial charge on any atom is -0.316 e. The molecule has 1 aromatic carbocycles. The maximum absolute atomic E-state index is 13.1. The number of nitrogens with one attached hydrogen (secondary N) is 1. The molecule has 4 heteroatoms. The predicted octanol–water partition coefficient (Wildman–Crippen LogP) is 4.01. The first-order valence-corrected chi connectivity index (χ1v) is 8.02. The van der Waals surface area contributed by atoms with Gasteiger partial charge in [-0.1, -0.05) is 26.0 Å². The zero-order valence-corrected chi connectivity index (χ0v) is 14.1. The van der Waals surface area contributed by atoms with Crippen LogP contribution < -0.4 is 5.32 Å². The van der Waals surface area contributed by atoms with Gasteiger partial charge in [-0.05, 0) is 38.6 Å². The lowest BCUT2D eigenvalue weighted by molar-refractivity contribution is 0.356. The Balaban J connectivity index is 2.24. The molecular formula is C17H23FN2S. The molecule has 0 aliphatic rings. The summed E-state index contributed by atoms with van der Waals surface area (Å²) in [4.78, 5) is 5.92. The number of benzene rings is 1. The summed E-state index contributed by atoms with van der Waals surface area (Å²) in [5.41, 5.74) is 2.15. The molecule has 0 radical (unpaired) electrons. The Morgan fingerprint density at radius 2 is 1.86 bits per heavy atom. The number of rotatable bonds is 5. The highest BCUT2D eigenvalue weighted by Gasteiger charge is 2.31. The topological polar surface area (TPSA) is 24.9 Å². The number of aryl methyl sites for hydroxylation is 2. The lowest BCUT2D eigenvalue weighted by Gasteiger charge is -2.34. The van der Waals surface area contributed by atoms with Gasteiger partial charge in [0.05, 0.1) is 10.7 Å². The first-order chi connectivity index (χ1) is 9.84. The van der Waals surface area contributed by atoms with E-state index in [0.717, 1.165) is 22.7 Å². The number of hydrogen-bond donors (Lipinski definition) is 1. The highest BCUT2D eigenvalue weighted by Crippen LogP contribution is 2.30.